The standard InChI is InChI=1S/C16H14Cl2N2O3S/c1-10-19-15-6-4-13(23-24(2,21)22)8-16(15)20(10)9-11-7-12(17)3-5-14(11)18/h3-8H,9H2,1-2H3. The third-order valence-electron chi connectivity index (χ3n) is 3.49. The van der Waals surface area contributed by atoms with Gasteiger partial charge in [0.05, 0.1) is 23.8 Å². The number of benzene rings is 2. The summed E-state index contributed by atoms with van der Waals surface area (Å²) in [6.07, 6.45) is 1.01. The smallest absolute Gasteiger partial charge is 0.306 e. The van der Waals surface area contributed by atoms with E-state index in [1.54, 1.807) is 36.4 Å². The molecule has 0 aliphatic rings. The second-order valence-electron chi connectivity index (χ2n) is 5.42. The van der Waals surface area contributed by atoms with Gasteiger partial charge in [-0.1, -0.05) is 23.2 Å². The molecule has 0 radical (unpaired) electrons. The van der Waals surface area contributed by atoms with Crippen LogP contribution < -0.4 is 4.18 Å². The summed E-state index contributed by atoms with van der Waals surface area (Å²) in [7, 11) is -3.59. The van der Waals surface area contributed by atoms with Gasteiger partial charge in [-0.15, -0.1) is 0 Å². The topological polar surface area (TPSA) is 61.2 Å². The summed E-state index contributed by atoms with van der Waals surface area (Å²) >= 11 is 12.3. The second kappa shape index (κ2) is 6.27. The molecule has 3 rings (SSSR count). The predicted molar refractivity (Wildman–Crippen MR) is 95.5 cm³/mol. The summed E-state index contributed by atoms with van der Waals surface area (Å²) in [5.74, 6) is 1.01. The largest absolute Gasteiger partial charge is 0.383 e. The maximum atomic E-state index is 11.3. The van der Waals surface area contributed by atoms with Crippen LogP contribution >= 0.6 is 23.2 Å². The Balaban J connectivity index is 2.08. The Morgan fingerprint density at radius 2 is 1.92 bits per heavy atom. The van der Waals surface area contributed by atoms with Crippen molar-refractivity contribution in [2.24, 2.45) is 0 Å². The summed E-state index contributed by atoms with van der Waals surface area (Å²) in [4.78, 5) is 4.48. The van der Waals surface area contributed by atoms with Crippen LogP contribution in [0, 0.1) is 6.92 Å². The van der Waals surface area contributed by atoms with Crippen LogP contribution in [0.4, 0.5) is 0 Å². The molecule has 0 bridgehead atoms. The normalized spacial score (nSPS) is 11.8. The third-order valence-corrected chi connectivity index (χ3v) is 4.59. The number of fused-ring (bicyclic) bond motifs is 1. The Hall–Kier alpha value is -1.76. The van der Waals surface area contributed by atoms with E-state index in [4.69, 9.17) is 27.4 Å². The molecule has 24 heavy (non-hydrogen) atoms. The molecule has 3 aromatic rings. The summed E-state index contributed by atoms with van der Waals surface area (Å²) < 4.78 is 29.5. The Morgan fingerprint density at radius 3 is 2.62 bits per heavy atom. The number of hydrogen-bond acceptors (Lipinski definition) is 4. The zero-order chi connectivity index (χ0) is 17.5. The fraction of sp³-hybridized carbons (Fsp3) is 0.188. The molecule has 0 atom stereocenters. The van der Waals surface area contributed by atoms with Crippen molar-refractivity contribution < 1.29 is 12.6 Å². The summed E-state index contributed by atoms with van der Waals surface area (Å²) in [5.41, 5.74) is 2.34. The van der Waals surface area contributed by atoms with E-state index in [1.807, 2.05) is 11.5 Å². The highest BCUT2D eigenvalue weighted by molar-refractivity contribution is 7.86. The number of hydrogen-bond donors (Lipinski definition) is 0. The van der Waals surface area contributed by atoms with Gasteiger partial charge in [-0.05, 0) is 42.8 Å². The number of halogens is 2. The lowest BCUT2D eigenvalue weighted by Crippen LogP contribution is -2.06. The fourth-order valence-corrected chi connectivity index (χ4v) is 3.31. The van der Waals surface area contributed by atoms with E-state index >= 15 is 0 Å². The molecule has 8 heteroatoms. The molecule has 126 valence electrons. The van der Waals surface area contributed by atoms with Crippen molar-refractivity contribution in [3.63, 3.8) is 0 Å². The Labute approximate surface area is 149 Å². The first kappa shape index (κ1) is 17.1. The van der Waals surface area contributed by atoms with Gasteiger partial charge in [0.1, 0.15) is 11.6 Å². The fourth-order valence-electron chi connectivity index (χ4n) is 2.48. The van der Waals surface area contributed by atoms with Gasteiger partial charge in [0.25, 0.3) is 0 Å². The van der Waals surface area contributed by atoms with Gasteiger partial charge in [0.2, 0.25) is 0 Å². The number of nitrogens with zero attached hydrogens (tertiary/aromatic N) is 2. The number of rotatable bonds is 4. The van der Waals surface area contributed by atoms with E-state index in [1.165, 1.54) is 0 Å². The third kappa shape index (κ3) is 3.66. The molecule has 0 saturated heterocycles. The van der Waals surface area contributed by atoms with E-state index in [0.717, 1.165) is 28.7 Å². The highest BCUT2D eigenvalue weighted by Crippen LogP contribution is 2.26. The predicted octanol–water partition coefficient (Wildman–Crippen LogP) is 4.04. The zero-order valence-electron chi connectivity index (χ0n) is 13.0. The molecule has 0 aliphatic carbocycles. The van der Waals surface area contributed by atoms with E-state index in [9.17, 15) is 8.42 Å². The molecule has 0 N–H and O–H groups in total. The van der Waals surface area contributed by atoms with E-state index < -0.39 is 10.1 Å². The SMILES string of the molecule is Cc1nc2ccc(OS(C)(=O)=O)cc2n1Cc1cc(Cl)ccc1Cl. The van der Waals surface area contributed by atoms with Crippen LogP contribution in [0.1, 0.15) is 11.4 Å². The summed E-state index contributed by atoms with van der Waals surface area (Å²) in [6, 6.07) is 10.2. The molecule has 1 aromatic heterocycles. The maximum absolute atomic E-state index is 11.3. The number of imidazole rings is 1. The van der Waals surface area contributed by atoms with Crippen molar-refractivity contribution in [1.82, 2.24) is 9.55 Å². The number of aromatic nitrogens is 2. The zero-order valence-corrected chi connectivity index (χ0v) is 15.3. The average Bonchev–Trinajstić information content (AvgIpc) is 2.77. The van der Waals surface area contributed by atoms with Gasteiger partial charge in [-0.3, -0.25) is 0 Å². The highest BCUT2D eigenvalue weighted by atomic mass is 35.5. The van der Waals surface area contributed by atoms with Crippen LogP contribution in [0.5, 0.6) is 5.75 Å². The molecule has 5 nitrogen and oxygen atoms in total. The molecule has 0 amide bonds. The molecule has 0 unspecified atom stereocenters. The van der Waals surface area contributed by atoms with Crippen LogP contribution in [0.15, 0.2) is 36.4 Å². The molecule has 1 heterocycles. The van der Waals surface area contributed by atoms with Crippen LogP contribution in [-0.4, -0.2) is 24.2 Å². The molecule has 0 saturated carbocycles. The minimum Gasteiger partial charge on any atom is -0.383 e. The van der Waals surface area contributed by atoms with Crippen molar-refractivity contribution in [3.05, 3.63) is 57.8 Å². The molecular formula is C16H14Cl2N2O3S. The van der Waals surface area contributed by atoms with Gasteiger partial charge in [0, 0.05) is 16.1 Å². The Kier molecular flexibility index (Phi) is 4.46. The first-order valence-corrected chi connectivity index (χ1v) is 9.60. The van der Waals surface area contributed by atoms with Crippen LogP contribution in [0.3, 0.4) is 0 Å². The van der Waals surface area contributed by atoms with Gasteiger partial charge in [-0.2, -0.15) is 8.42 Å². The Morgan fingerprint density at radius 1 is 1.17 bits per heavy atom. The lowest BCUT2D eigenvalue weighted by Gasteiger charge is -2.10. The molecular weight excluding hydrogens is 371 g/mol. The van der Waals surface area contributed by atoms with Crippen LogP contribution in [-0.2, 0) is 16.7 Å². The van der Waals surface area contributed by atoms with Crippen molar-refractivity contribution in [2.75, 3.05) is 6.26 Å². The van der Waals surface area contributed by atoms with Gasteiger partial charge in [-0.25, -0.2) is 4.98 Å². The van der Waals surface area contributed by atoms with E-state index in [2.05, 4.69) is 4.98 Å². The van der Waals surface area contributed by atoms with Crippen LogP contribution in [0.2, 0.25) is 10.0 Å². The Bertz CT molecular complexity index is 1030. The molecule has 0 aliphatic heterocycles. The first-order valence-electron chi connectivity index (χ1n) is 7.03. The van der Waals surface area contributed by atoms with Gasteiger partial charge < -0.3 is 8.75 Å². The van der Waals surface area contributed by atoms with E-state index in [0.29, 0.717) is 16.6 Å². The van der Waals surface area contributed by atoms with Crippen molar-refractivity contribution in [1.29, 1.82) is 0 Å². The lowest BCUT2D eigenvalue weighted by molar-refractivity contribution is 0.493. The van der Waals surface area contributed by atoms with Crippen molar-refractivity contribution in [2.45, 2.75) is 13.5 Å². The maximum Gasteiger partial charge on any atom is 0.306 e. The van der Waals surface area contributed by atoms with Crippen molar-refractivity contribution in [3.8, 4) is 5.75 Å². The second-order valence-corrected chi connectivity index (χ2v) is 7.84. The molecule has 0 fully saturated rings. The lowest BCUT2D eigenvalue weighted by atomic mass is 10.2. The van der Waals surface area contributed by atoms with Gasteiger partial charge in [0.15, 0.2) is 0 Å². The van der Waals surface area contributed by atoms with Gasteiger partial charge >= 0.3 is 10.1 Å². The minimum atomic E-state index is -3.59. The van der Waals surface area contributed by atoms with Crippen LogP contribution in [0.25, 0.3) is 11.0 Å². The summed E-state index contributed by atoms with van der Waals surface area (Å²) in [6.45, 7) is 2.33. The van der Waals surface area contributed by atoms with Crippen molar-refractivity contribution >= 4 is 44.4 Å². The quantitative estimate of drug-likeness (QED) is 0.636. The molecule has 2 aromatic carbocycles. The number of aryl methyl sites for hydroxylation is 1. The highest BCUT2D eigenvalue weighted by Gasteiger charge is 2.13. The average molecular weight is 385 g/mol. The van der Waals surface area contributed by atoms with E-state index in [-0.39, 0.29) is 5.75 Å². The summed E-state index contributed by atoms with van der Waals surface area (Å²) in [5, 5.41) is 1.20. The minimum absolute atomic E-state index is 0.239. The molecule has 0 spiro atoms. The first-order chi connectivity index (χ1) is 11.2. The monoisotopic (exact) mass is 384 g/mol.